The van der Waals surface area contributed by atoms with Gasteiger partial charge < -0.3 is 14.2 Å². The van der Waals surface area contributed by atoms with E-state index in [1.54, 1.807) is 56.4 Å². The lowest BCUT2D eigenvalue weighted by Crippen LogP contribution is -2.47. The number of rotatable bonds is 20. The van der Waals surface area contributed by atoms with Crippen LogP contribution in [0.1, 0.15) is 45.1 Å². The van der Waals surface area contributed by atoms with E-state index in [2.05, 4.69) is 23.2 Å². The van der Waals surface area contributed by atoms with E-state index in [0.29, 0.717) is 17.2 Å². The number of nitrogens with zero attached hydrogens (tertiary/aromatic N) is 4. The number of esters is 1. The van der Waals surface area contributed by atoms with Crippen molar-refractivity contribution in [3.05, 3.63) is 162 Å². The summed E-state index contributed by atoms with van der Waals surface area (Å²) in [6.45, 7) is 10.0. The van der Waals surface area contributed by atoms with Gasteiger partial charge in [-0.05, 0) is 55.8 Å². The molecule has 12 nitrogen and oxygen atoms in total. The molecule has 1 saturated heterocycles. The minimum atomic E-state index is -4.14. The number of thioether (sulfide) groups is 1. The molecule has 1 aromatic heterocycles. The molecule has 310 valence electrons. The van der Waals surface area contributed by atoms with Gasteiger partial charge in [0.05, 0.1) is 62.0 Å². The van der Waals surface area contributed by atoms with Crippen LogP contribution in [0.25, 0.3) is 6.08 Å². The van der Waals surface area contributed by atoms with Gasteiger partial charge in [0.25, 0.3) is 0 Å². The molecule has 5 rings (SSSR count). The molecular formula is C42H42F3N4O8PS. The van der Waals surface area contributed by atoms with Crippen molar-refractivity contribution < 1.29 is 50.3 Å². The van der Waals surface area contributed by atoms with E-state index in [9.17, 15) is 18.1 Å². The zero-order chi connectivity index (χ0) is 42.4. The number of carbonyl (C=O) groups is 1. The van der Waals surface area contributed by atoms with Gasteiger partial charge in [0.2, 0.25) is 0 Å². The normalized spacial score (nSPS) is 17.4. The van der Waals surface area contributed by atoms with Crippen molar-refractivity contribution in [2.45, 2.75) is 49.4 Å². The number of allylic oxidation sites excluding steroid dienone is 2. The summed E-state index contributed by atoms with van der Waals surface area (Å²) >= 11 is 1.30. The highest BCUT2D eigenvalue weighted by atomic mass is 32.2. The SMILES string of the molecule is C=CCOP(=O)(OCC=C)OCc1ccc(C)cc1C(=O)O[C@@](Cn1cncn1)(c1ccc(F)cc1F)[C@@H](C)SC1COC(C=CC=Cc2ccc(C#N)cc2F)OC1. The predicted octanol–water partition coefficient (Wildman–Crippen LogP) is 8.79. The second-order valence-corrected chi connectivity index (χ2v) is 16.4. The van der Waals surface area contributed by atoms with E-state index in [-0.39, 0.29) is 60.5 Å². The van der Waals surface area contributed by atoms with Gasteiger partial charge in [-0.25, -0.2) is 32.2 Å². The number of carbonyl (C=O) groups excluding carboxylic acids is 1. The van der Waals surface area contributed by atoms with E-state index in [0.717, 1.165) is 12.1 Å². The lowest BCUT2D eigenvalue weighted by Gasteiger charge is -2.40. The molecule has 0 radical (unpaired) electrons. The smallest absolute Gasteiger partial charge is 0.447 e. The summed E-state index contributed by atoms with van der Waals surface area (Å²) in [4.78, 5) is 18.5. The fraction of sp³-hybridized carbons (Fsp3) is 0.286. The summed E-state index contributed by atoms with van der Waals surface area (Å²) in [6.07, 6.45) is 11.1. The van der Waals surface area contributed by atoms with Crippen molar-refractivity contribution in [1.29, 1.82) is 5.26 Å². The molecule has 1 fully saturated rings. The van der Waals surface area contributed by atoms with Crippen LogP contribution in [-0.4, -0.2) is 64.0 Å². The Bertz CT molecular complexity index is 2230. The molecular weight excluding hydrogens is 809 g/mol. The third kappa shape index (κ3) is 12.2. The Hall–Kier alpha value is -5.11. The van der Waals surface area contributed by atoms with Gasteiger partial charge in [0.1, 0.15) is 30.1 Å². The highest BCUT2D eigenvalue weighted by molar-refractivity contribution is 8.00. The molecule has 1 aliphatic rings. The van der Waals surface area contributed by atoms with Gasteiger partial charge in [-0.15, -0.1) is 24.9 Å². The van der Waals surface area contributed by atoms with E-state index < -0.39 is 55.0 Å². The molecule has 0 spiro atoms. The molecule has 3 aromatic carbocycles. The minimum absolute atomic E-state index is 0.0154. The fourth-order valence-electron chi connectivity index (χ4n) is 5.90. The quantitative estimate of drug-likeness (QED) is 0.0363. The number of phosphoric ester groups is 1. The molecule has 4 aromatic rings. The molecule has 1 aliphatic heterocycles. The first kappa shape index (κ1) is 45.0. The molecule has 17 heteroatoms. The molecule has 0 unspecified atom stereocenters. The minimum Gasteiger partial charge on any atom is -0.447 e. The number of aromatic nitrogens is 3. The van der Waals surface area contributed by atoms with Gasteiger partial charge in [-0.1, -0.05) is 54.1 Å². The van der Waals surface area contributed by atoms with Crippen LogP contribution in [-0.2, 0) is 51.1 Å². The Morgan fingerprint density at radius 3 is 2.44 bits per heavy atom. The molecule has 0 bridgehead atoms. The third-order valence-electron chi connectivity index (χ3n) is 8.82. The summed E-state index contributed by atoms with van der Waals surface area (Å²) in [5, 5.41) is 12.1. The van der Waals surface area contributed by atoms with Crippen LogP contribution in [0.15, 0.2) is 111 Å². The average molecular weight is 851 g/mol. The largest absolute Gasteiger partial charge is 0.475 e. The first-order valence-corrected chi connectivity index (χ1v) is 20.6. The van der Waals surface area contributed by atoms with Crippen LogP contribution in [0.5, 0.6) is 0 Å². The van der Waals surface area contributed by atoms with Gasteiger partial charge in [-0.2, -0.15) is 10.4 Å². The first-order chi connectivity index (χ1) is 28.4. The van der Waals surface area contributed by atoms with E-state index in [1.807, 2.05) is 6.07 Å². The molecule has 0 N–H and O–H groups in total. The maximum absolute atomic E-state index is 16.1. The van der Waals surface area contributed by atoms with E-state index >= 15 is 4.39 Å². The number of halogens is 3. The van der Waals surface area contributed by atoms with Crippen molar-refractivity contribution in [2.75, 3.05) is 26.4 Å². The third-order valence-corrected chi connectivity index (χ3v) is 11.6. The lowest BCUT2D eigenvalue weighted by atomic mass is 9.89. The Balaban J connectivity index is 1.40. The summed E-state index contributed by atoms with van der Waals surface area (Å²) in [7, 11) is -4.14. The second kappa shape index (κ2) is 21.2. The highest BCUT2D eigenvalue weighted by Gasteiger charge is 2.47. The average Bonchev–Trinajstić information content (AvgIpc) is 3.74. The van der Waals surface area contributed by atoms with Crippen molar-refractivity contribution >= 4 is 31.6 Å². The summed E-state index contributed by atoms with van der Waals surface area (Å²) in [5.41, 5.74) is -0.521. The molecule has 59 heavy (non-hydrogen) atoms. The zero-order valence-electron chi connectivity index (χ0n) is 32.2. The Kier molecular flexibility index (Phi) is 16.2. The maximum Gasteiger partial charge on any atom is 0.475 e. The monoisotopic (exact) mass is 850 g/mol. The van der Waals surface area contributed by atoms with Crippen LogP contribution in [0, 0.1) is 35.7 Å². The molecule has 0 aliphatic carbocycles. The lowest BCUT2D eigenvalue weighted by molar-refractivity contribution is -0.146. The van der Waals surface area contributed by atoms with E-state index in [1.165, 1.54) is 59.4 Å². The zero-order valence-corrected chi connectivity index (χ0v) is 34.0. The number of phosphoric acid groups is 1. The molecule has 0 saturated carbocycles. The van der Waals surface area contributed by atoms with Crippen LogP contribution >= 0.6 is 19.6 Å². The number of benzene rings is 3. The standard InChI is InChI=1S/C42H42F3N4O8PS/c1-5-17-54-58(51,55-18-6-2)56-23-33-13-11-29(3)19-36(33)41(50)57-42(26-49-28-47-27-48-49,37-16-15-34(43)21-39(37)45)30(4)59-35-24-52-40(53-25-35)10-8-7-9-32-14-12-31(22-46)20-38(32)44/h5-16,19-21,27-28,30,35,40H,1-2,17-18,23-26H2,3-4H3/t30-,35?,40?,42-/m1/s1. The maximum atomic E-state index is 16.1. The number of nitriles is 1. The summed E-state index contributed by atoms with van der Waals surface area (Å²) < 4.78 is 94.0. The Morgan fingerprint density at radius 1 is 1.05 bits per heavy atom. The van der Waals surface area contributed by atoms with Gasteiger partial charge in [0, 0.05) is 22.4 Å². The number of ether oxygens (including phenoxy) is 3. The van der Waals surface area contributed by atoms with Crippen LogP contribution < -0.4 is 0 Å². The van der Waals surface area contributed by atoms with Crippen molar-refractivity contribution in [1.82, 2.24) is 14.8 Å². The Labute approximate surface area is 344 Å². The molecule has 2 heterocycles. The number of hydrogen-bond acceptors (Lipinski definition) is 12. The van der Waals surface area contributed by atoms with Crippen molar-refractivity contribution in [3.8, 4) is 6.07 Å². The van der Waals surface area contributed by atoms with Gasteiger partial charge >= 0.3 is 13.8 Å². The molecule has 2 atom stereocenters. The van der Waals surface area contributed by atoms with Crippen molar-refractivity contribution in [3.63, 3.8) is 0 Å². The Morgan fingerprint density at radius 2 is 1.80 bits per heavy atom. The fourth-order valence-corrected chi connectivity index (χ4v) is 8.36. The van der Waals surface area contributed by atoms with Gasteiger partial charge in [-0.3, -0.25) is 13.6 Å². The first-order valence-electron chi connectivity index (χ1n) is 18.2. The molecule has 0 amide bonds. The van der Waals surface area contributed by atoms with Gasteiger partial charge in [0.15, 0.2) is 11.9 Å². The van der Waals surface area contributed by atoms with Crippen LogP contribution in [0.3, 0.4) is 0 Å². The second-order valence-electron chi connectivity index (χ2n) is 13.1. The predicted molar refractivity (Wildman–Crippen MR) is 215 cm³/mol. The van der Waals surface area contributed by atoms with Crippen molar-refractivity contribution in [2.24, 2.45) is 0 Å². The van der Waals surface area contributed by atoms with Crippen LogP contribution in [0.2, 0.25) is 0 Å². The van der Waals surface area contributed by atoms with Crippen LogP contribution in [0.4, 0.5) is 13.2 Å². The number of aryl methyl sites for hydroxylation is 1. The number of hydrogen-bond donors (Lipinski definition) is 0. The summed E-state index contributed by atoms with van der Waals surface area (Å²) in [6, 6.07) is 13.9. The topological polar surface area (TPSA) is 144 Å². The van der Waals surface area contributed by atoms with E-state index in [4.69, 9.17) is 33.0 Å². The highest BCUT2D eigenvalue weighted by Crippen LogP contribution is 2.50. The summed E-state index contributed by atoms with van der Waals surface area (Å²) in [5.74, 6) is -3.22.